The van der Waals surface area contributed by atoms with Crippen LogP contribution in [-0.4, -0.2) is 8.80 Å². The minimum Gasteiger partial charge on any atom is -0.311 e. The van der Waals surface area contributed by atoms with Crippen molar-refractivity contribution in [1.29, 1.82) is 5.26 Å². The van der Waals surface area contributed by atoms with Crippen LogP contribution in [0.15, 0.2) is 194 Å². The third kappa shape index (κ3) is 4.72. The Kier molecular flexibility index (Phi) is 7.05. The van der Waals surface area contributed by atoms with Gasteiger partial charge in [-0.25, -0.2) is 4.85 Å². The Balaban J connectivity index is 1.01. The second-order valence-corrected chi connectivity index (χ2v) is 16.0. The normalized spacial score (nSPS) is 11.8. The largest absolute Gasteiger partial charge is 0.311 e. The molecular formula is C56H32N6. The Morgan fingerprint density at radius 3 is 1.18 bits per heavy atom. The topological polar surface area (TPSA) is 43.5 Å². The van der Waals surface area contributed by atoms with Crippen LogP contribution in [-0.2, 0) is 0 Å². The van der Waals surface area contributed by atoms with E-state index < -0.39 is 0 Å². The highest BCUT2D eigenvalue weighted by Crippen LogP contribution is 2.47. The molecule has 62 heavy (non-hydrogen) atoms. The Morgan fingerprint density at radius 2 is 0.758 bits per heavy atom. The molecule has 0 aliphatic rings. The number of hydrogen-bond donors (Lipinski definition) is 0. The van der Waals surface area contributed by atoms with Crippen molar-refractivity contribution in [2.45, 2.75) is 0 Å². The van der Waals surface area contributed by atoms with E-state index in [1.165, 1.54) is 76.2 Å². The molecule has 0 bridgehead atoms. The predicted molar refractivity (Wildman–Crippen MR) is 256 cm³/mol. The quantitative estimate of drug-likeness (QED) is 0.158. The first-order valence-corrected chi connectivity index (χ1v) is 20.7. The Morgan fingerprint density at radius 1 is 0.371 bits per heavy atom. The van der Waals surface area contributed by atoms with Crippen LogP contribution in [0.3, 0.4) is 0 Å². The van der Waals surface area contributed by atoms with E-state index in [9.17, 15) is 5.26 Å². The Labute approximate surface area is 355 Å². The summed E-state index contributed by atoms with van der Waals surface area (Å²) in [5.74, 6) is 0. The minimum absolute atomic E-state index is 0.623. The maximum atomic E-state index is 9.52. The number of benzene rings is 9. The van der Waals surface area contributed by atoms with Gasteiger partial charge < -0.3 is 18.6 Å². The average molecular weight is 789 g/mol. The first kappa shape index (κ1) is 34.1. The number of fused-ring (bicyclic) bond motifs is 12. The van der Waals surface area contributed by atoms with Crippen LogP contribution in [0.2, 0.25) is 0 Å². The molecule has 0 spiro atoms. The van der Waals surface area contributed by atoms with Crippen molar-refractivity contribution in [2.24, 2.45) is 0 Å². The van der Waals surface area contributed by atoms with Crippen molar-refractivity contribution in [1.82, 2.24) is 8.80 Å². The van der Waals surface area contributed by atoms with Gasteiger partial charge in [0.15, 0.2) is 5.69 Å². The first-order valence-electron chi connectivity index (χ1n) is 20.7. The molecule has 0 saturated heterocycles. The molecule has 13 rings (SSSR count). The van der Waals surface area contributed by atoms with Gasteiger partial charge in [0, 0.05) is 77.2 Å². The second-order valence-electron chi connectivity index (χ2n) is 16.0. The predicted octanol–water partition coefficient (Wildman–Crippen LogP) is 15.3. The van der Waals surface area contributed by atoms with Crippen LogP contribution in [0.5, 0.6) is 0 Å². The fraction of sp³-hybridized carbons (Fsp3) is 0. The zero-order valence-corrected chi connectivity index (χ0v) is 33.2. The van der Waals surface area contributed by atoms with Crippen molar-refractivity contribution >= 4 is 116 Å². The molecule has 0 fully saturated rings. The summed E-state index contributed by atoms with van der Waals surface area (Å²) in [6.07, 6.45) is 0. The number of aromatic nitrogens is 2. The van der Waals surface area contributed by atoms with E-state index >= 15 is 0 Å². The lowest BCUT2D eigenvalue weighted by atomic mass is 10.0. The summed E-state index contributed by atoms with van der Waals surface area (Å²) in [5.41, 5.74) is 14.7. The van der Waals surface area contributed by atoms with E-state index in [0.29, 0.717) is 11.3 Å². The first-order chi connectivity index (χ1) is 30.7. The van der Waals surface area contributed by atoms with E-state index in [1.54, 1.807) is 0 Å². The molecule has 4 aromatic heterocycles. The highest BCUT2D eigenvalue weighted by atomic mass is 15.1. The van der Waals surface area contributed by atoms with Gasteiger partial charge >= 0.3 is 0 Å². The number of rotatable bonds is 6. The van der Waals surface area contributed by atoms with Crippen LogP contribution < -0.4 is 9.80 Å². The van der Waals surface area contributed by atoms with Crippen molar-refractivity contribution in [3.05, 3.63) is 211 Å². The lowest BCUT2D eigenvalue weighted by Gasteiger charge is -2.25. The van der Waals surface area contributed by atoms with E-state index in [0.717, 1.165) is 34.1 Å². The molecule has 0 radical (unpaired) electrons. The van der Waals surface area contributed by atoms with Crippen molar-refractivity contribution < 1.29 is 0 Å². The summed E-state index contributed by atoms with van der Waals surface area (Å²) in [7, 11) is 0. The molecule has 4 heterocycles. The molecule has 0 atom stereocenters. The highest BCUT2D eigenvalue weighted by Gasteiger charge is 2.24. The van der Waals surface area contributed by atoms with Gasteiger partial charge in [-0.15, -0.1) is 0 Å². The van der Waals surface area contributed by atoms with Crippen LogP contribution in [0.1, 0.15) is 5.56 Å². The molecule has 286 valence electrons. The fourth-order valence-corrected chi connectivity index (χ4v) is 10.1. The third-order valence-corrected chi connectivity index (χ3v) is 12.8. The van der Waals surface area contributed by atoms with Gasteiger partial charge in [0.05, 0.1) is 51.3 Å². The Bertz CT molecular complexity index is 3720. The van der Waals surface area contributed by atoms with Gasteiger partial charge in [-0.1, -0.05) is 84.9 Å². The van der Waals surface area contributed by atoms with Crippen molar-refractivity contribution in [3.63, 3.8) is 0 Å². The molecule has 0 aliphatic heterocycles. The molecule has 6 nitrogen and oxygen atoms in total. The summed E-state index contributed by atoms with van der Waals surface area (Å²) in [6.45, 7) is 7.50. The number of nitrogens with zero attached hydrogens (tertiary/aromatic N) is 6. The number of para-hydroxylation sites is 4. The SMILES string of the molecule is [C-]#[N+]c1ccc(N(c2ccccc2)c2ccc3c(c2)c2cccc4c5cc6c(cc5n3c24)c2cccc3c4cc(N(c5ccccc5)c5ccc(C#N)cc5)ccc4n6c32)cc1. The summed E-state index contributed by atoms with van der Waals surface area (Å²) in [5, 5.41) is 19.3. The summed E-state index contributed by atoms with van der Waals surface area (Å²) in [4.78, 5) is 8.16. The maximum Gasteiger partial charge on any atom is 0.187 e. The summed E-state index contributed by atoms with van der Waals surface area (Å²) < 4.78 is 4.94. The fourth-order valence-electron chi connectivity index (χ4n) is 10.1. The van der Waals surface area contributed by atoms with Crippen molar-refractivity contribution in [3.8, 4) is 6.07 Å². The highest BCUT2D eigenvalue weighted by molar-refractivity contribution is 6.29. The van der Waals surface area contributed by atoms with Gasteiger partial charge in [0.2, 0.25) is 0 Å². The van der Waals surface area contributed by atoms with E-state index in [2.05, 4.69) is 163 Å². The molecule has 9 aromatic carbocycles. The molecule has 0 amide bonds. The summed E-state index contributed by atoms with van der Waals surface area (Å²) >= 11 is 0. The van der Waals surface area contributed by atoms with Gasteiger partial charge in [-0.2, -0.15) is 5.26 Å². The molecule has 6 heteroatoms. The monoisotopic (exact) mass is 788 g/mol. The second kappa shape index (κ2) is 12.8. The lowest BCUT2D eigenvalue weighted by Crippen LogP contribution is -2.09. The van der Waals surface area contributed by atoms with Crippen LogP contribution >= 0.6 is 0 Å². The van der Waals surface area contributed by atoms with Gasteiger partial charge in [0.1, 0.15) is 0 Å². The molecule has 0 N–H and O–H groups in total. The van der Waals surface area contributed by atoms with E-state index in [-0.39, 0.29) is 0 Å². The van der Waals surface area contributed by atoms with Crippen LogP contribution in [0.4, 0.5) is 39.8 Å². The zero-order chi connectivity index (χ0) is 41.1. The molecule has 0 aliphatic carbocycles. The van der Waals surface area contributed by atoms with Crippen LogP contribution in [0.25, 0.3) is 81.0 Å². The lowest BCUT2D eigenvalue weighted by molar-refractivity contribution is 1.28. The number of nitriles is 1. The van der Waals surface area contributed by atoms with E-state index in [1.807, 2.05) is 60.7 Å². The maximum absolute atomic E-state index is 9.52. The molecule has 0 unspecified atom stereocenters. The zero-order valence-electron chi connectivity index (χ0n) is 33.2. The Hall–Kier alpha value is -8.84. The average Bonchev–Trinajstić information content (AvgIpc) is 4.06. The van der Waals surface area contributed by atoms with Crippen molar-refractivity contribution in [2.75, 3.05) is 9.80 Å². The summed E-state index contributed by atoms with van der Waals surface area (Å²) in [6, 6.07) is 70.6. The van der Waals surface area contributed by atoms with Gasteiger partial charge in [-0.05, 0) is 109 Å². The number of hydrogen-bond acceptors (Lipinski definition) is 3. The minimum atomic E-state index is 0.623. The van der Waals surface area contributed by atoms with E-state index in [4.69, 9.17) is 6.57 Å². The third-order valence-electron chi connectivity index (χ3n) is 12.8. The molecular weight excluding hydrogens is 757 g/mol. The molecule has 0 saturated carbocycles. The van der Waals surface area contributed by atoms with Crippen LogP contribution in [0, 0.1) is 17.9 Å². The van der Waals surface area contributed by atoms with Gasteiger partial charge in [0.25, 0.3) is 0 Å². The standard InChI is InChI=1S/C56H32N6/c1-58-36-20-24-40(25-21-36)60(38-12-6-3-7-13-38)42-27-29-52-48(31-42)44-15-9-17-46-50-32-53-49(33-54(50)62(52)56(44)46)45-16-8-14-43-47-30-41(26-28-51(47)61(53)55(43)45)59(37-10-4-2-5-11-37)39-22-18-35(34-57)19-23-39/h2-33H. The molecule has 13 aromatic rings. The number of anilines is 6. The smallest absolute Gasteiger partial charge is 0.187 e. The van der Waals surface area contributed by atoms with Gasteiger partial charge in [-0.3, -0.25) is 0 Å².